The molecule has 1 N–H and O–H groups in total. The fraction of sp³-hybridized carbons (Fsp3) is 0.217. The van der Waals surface area contributed by atoms with Crippen molar-refractivity contribution in [2.45, 2.75) is 20.8 Å². The number of ether oxygens (including phenoxy) is 2. The highest BCUT2D eigenvalue weighted by atomic mass is 35.5. The molecule has 0 bridgehead atoms. The molecule has 30 heavy (non-hydrogen) atoms. The van der Waals surface area contributed by atoms with Crippen molar-refractivity contribution in [3.8, 4) is 23.0 Å². The maximum absolute atomic E-state index is 12.4. The number of aromatic nitrogens is 1. The first kappa shape index (κ1) is 21.5. The van der Waals surface area contributed by atoms with Crippen molar-refractivity contribution < 1.29 is 18.7 Å². The molecule has 1 aromatic heterocycles. The van der Waals surface area contributed by atoms with E-state index in [0.29, 0.717) is 34.7 Å². The Morgan fingerprint density at radius 1 is 1.27 bits per heavy atom. The van der Waals surface area contributed by atoms with Crippen molar-refractivity contribution in [2.75, 3.05) is 19.0 Å². The van der Waals surface area contributed by atoms with Gasteiger partial charge in [-0.3, -0.25) is 4.79 Å². The second-order valence-corrected chi connectivity index (χ2v) is 6.94. The molecule has 7 heteroatoms. The lowest BCUT2D eigenvalue weighted by Crippen LogP contribution is -2.07. The molecule has 0 aliphatic heterocycles. The summed E-state index contributed by atoms with van der Waals surface area (Å²) in [5.41, 5.74) is 2.99. The van der Waals surface area contributed by atoms with Crippen LogP contribution in [0.1, 0.15) is 23.9 Å². The molecule has 0 radical (unpaired) electrons. The third kappa shape index (κ3) is 5.02. The van der Waals surface area contributed by atoms with Gasteiger partial charge in [-0.05, 0) is 62.7 Å². The molecule has 0 saturated heterocycles. The molecule has 2 aromatic carbocycles. The van der Waals surface area contributed by atoms with E-state index in [1.165, 1.54) is 13.2 Å². The fourth-order valence-corrected chi connectivity index (χ4v) is 3.12. The predicted octanol–water partition coefficient (Wildman–Crippen LogP) is 5.67. The smallest absolute Gasteiger partial charge is 0.248 e. The Morgan fingerprint density at radius 2 is 2.07 bits per heavy atom. The molecule has 1 amide bonds. The van der Waals surface area contributed by atoms with Crippen LogP contribution in [0.25, 0.3) is 17.5 Å². The Hall–Kier alpha value is -3.25. The zero-order chi connectivity index (χ0) is 21.7. The van der Waals surface area contributed by atoms with Crippen LogP contribution >= 0.6 is 11.6 Å². The number of amides is 1. The molecule has 3 rings (SSSR count). The normalized spacial score (nSPS) is 11.0. The molecule has 0 atom stereocenters. The molecule has 0 spiro atoms. The Bertz CT molecular complexity index is 1070. The van der Waals surface area contributed by atoms with Gasteiger partial charge in [0.15, 0.2) is 11.5 Å². The van der Waals surface area contributed by atoms with Gasteiger partial charge in [0.1, 0.15) is 5.76 Å². The number of methoxy groups -OCH3 is 1. The topological polar surface area (TPSA) is 73.6 Å². The average Bonchev–Trinajstić information content (AvgIpc) is 3.05. The lowest BCUT2D eigenvalue weighted by Gasteiger charge is -2.11. The zero-order valence-corrected chi connectivity index (χ0v) is 18.0. The van der Waals surface area contributed by atoms with Gasteiger partial charge in [-0.1, -0.05) is 17.7 Å². The van der Waals surface area contributed by atoms with Gasteiger partial charge < -0.3 is 19.2 Å². The second kappa shape index (κ2) is 9.50. The van der Waals surface area contributed by atoms with Crippen LogP contribution in [0.4, 0.5) is 5.69 Å². The van der Waals surface area contributed by atoms with E-state index in [1.807, 2.05) is 39.0 Å². The minimum Gasteiger partial charge on any atom is -0.491 e. The van der Waals surface area contributed by atoms with Crippen LogP contribution in [-0.4, -0.2) is 24.6 Å². The number of rotatable bonds is 7. The van der Waals surface area contributed by atoms with Gasteiger partial charge in [-0.2, -0.15) is 0 Å². The van der Waals surface area contributed by atoms with Crippen LogP contribution in [0.3, 0.4) is 0 Å². The molecule has 0 saturated carbocycles. The number of benzene rings is 2. The first-order valence-corrected chi connectivity index (χ1v) is 9.83. The molecular weight excluding hydrogens is 404 g/mol. The number of oxazole rings is 1. The third-order valence-corrected chi connectivity index (χ3v) is 4.65. The maximum atomic E-state index is 12.4. The van der Waals surface area contributed by atoms with E-state index in [-0.39, 0.29) is 5.91 Å². The average molecular weight is 427 g/mol. The summed E-state index contributed by atoms with van der Waals surface area (Å²) in [6, 6.07) is 10.8. The quantitative estimate of drug-likeness (QED) is 0.492. The molecule has 156 valence electrons. The van der Waals surface area contributed by atoms with Gasteiger partial charge in [0.05, 0.1) is 24.4 Å². The summed E-state index contributed by atoms with van der Waals surface area (Å²) in [5, 5.41) is 3.25. The van der Waals surface area contributed by atoms with Crippen LogP contribution in [-0.2, 0) is 4.79 Å². The van der Waals surface area contributed by atoms with Crippen molar-refractivity contribution in [3.63, 3.8) is 0 Å². The standard InChI is InChI=1S/C23H23ClN2O4/c1-5-29-20-12-16(11-19(24)22(20)28-4)9-10-21(27)26-18-8-6-7-17(13-18)23-25-14(2)15(3)30-23/h6-13H,5H2,1-4H3,(H,26,27)/b10-9+. The minimum absolute atomic E-state index is 0.281. The highest BCUT2D eigenvalue weighted by molar-refractivity contribution is 6.32. The number of halogens is 1. The number of anilines is 1. The number of aryl methyl sites for hydroxylation is 2. The van der Waals surface area contributed by atoms with Gasteiger partial charge in [0.2, 0.25) is 11.8 Å². The second-order valence-electron chi connectivity index (χ2n) is 6.53. The van der Waals surface area contributed by atoms with Crippen LogP contribution in [0, 0.1) is 13.8 Å². The Balaban J connectivity index is 1.74. The van der Waals surface area contributed by atoms with Crippen molar-refractivity contribution in [2.24, 2.45) is 0 Å². The van der Waals surface area contributed by atoms with Crippen LogP contribution in [0.2, 0.25) is 5.02 Å². The van der Waals surface area contributed by atoms with E-state index in [2.05, 4.69) is 10.3 Å². The first-order chi connectivity index (χ1) is 14.4. The monoisotopic (exact) mass is 426 g/mol. The Labute approximate surface area is 180 Å². The molecule has 0 fully saturated rings. The van der Waals surface area contributed by atoms with Gasteiger partial charge in [-0.25, -0.2) is 4.98 Å². The highest BCUT2D eigenvalue weighted by Crippen LogP contribution is 2.36. The van der Waals surface area contributed by atoms with Gasteiger partial charge in [0.25, 0.3) is 0 Å². The number of nitrogens with one attached hydrogen (secondary N) is 1. The first-order valence-electron chi connectivity index (χ1n) is 9.45. The molecule has 3 aromatic rings. The molecule has 0 unspecified atom stereocenters. The number of hydrogen-bond acceptors (Lipinski definition) is 5. The fourth-order valence-electron chi connectivity index (χ4n) is 2.83. The third-order valence-electron chi connectivity index (χ3n) is 4.37. The summed E-state index contributed by atoms with van der Waals surface area (Å²) >= 11 is 6.25. The summed E-state index contributed by atoms with van der Waals surface area (Å²) in [6.45, 7) is 6.10. The van der Waals surface area contributed by atoms with E-state index in [4.69, 9.17) is 25.5 Å². The Morgan fingerprint density at radius 3 is 2.73 bits per heavy atom. The van der Waals surface area contributed by atoms with Gasteiger partial charge >= 0.3 is 0 Å². The van der Waals surface area contributed by atoms with Gasteiger partial charge in [-0.15, -0.1) is 0 Å². The van der Waals surface area contributed by atoms with E-state index in [0.717, 1.165) is 22.6 Å². The summed E-state index contributed by atoms with van der Waals surface area (Å²) in [4.78, 5) is 16.8. The Kier molecular flexibility index (Phi) is 6.79. The number of carbonyl (C=O) groups excluding carboxylic acids is 1. The van der Waals surface area contributed by atoms with Crippen LogP contribution < -0.4 is 14.8 Å². The number of nitrogens with zero attached hydrogens (tertiary/aromatic N) is 1. The summed E-state index contributed by atoms with van der Waals surface area (Å²) in [6.07, 6.45) is 3.09. The van der Waals surface area contributed by atoms with Crippen molar-refractivity contribution in [1.29, 1.82) is 0 Å². The van der Waals surface area contributed by atoms with Crippen molar-refractivity contribution >= 4 is 29.3 Å². The zero-order valence-electron chi connectivity index (χ0n) is 17.3. The molecule has 0 aliphatic rings. The highest BCUT2D eigenvalue weighted by Gasteiger charge is 2.11. The summed E-state index contributed by atoms with van der Waals surface area (Å²) in [7, 11) is 1.53. The van der Waals surface area contributed by atoms with Crippen LogP contribution in [0.5, 0.6) is 11.5 Å². The van der Waals surface area contributed by atoms with Gasteiger partial charge in [0, 0.05) is 17.3 Å². The van der Waals surface area contributed by atoms with Crippen molar-refractivity contribution in [1.82, 2.24) is 4.98 Å². The van der Waals surface area contributed by atoms with Crippen molar-refractivity contribution in [3.05, 3.63) is 64.5 Å². The molecule has 6 nitrogen and oxygen atoms in total. The van der Waals surface area contributed by atoms with E-state index in [1.54, 1.807) is 24.3 Å². The molecule has 1 heterocycles. The number of hydrogen-bond donors (Lipinski definition) is 1. The molecule has 0 aliphatic carbocycles. The lowest BCUT2D eigenvalue weighted by molar-refractivity contribution is -0.111. The predicted molar refractivity (Wildman–Crippen MR) is 118 cm³/mol. The van der Waals surface area contributed by atoms with Crippen LogP contribution in [0.15, 0.2) is 46.9 Å². The minimum atomic E-state index is -0.281. The summed E-state index contributed by atoms with van der Waals surface area (Å²) in [5.74, 6) is 2.00. The maximum Gasteiger partial charge on any atom is 0.248 e. The summed E-state index contributed by atoms with van der Waals surface area (Å²) < 4.78 is 16.5. The van der Waals surface area contributed by atoms with E-state index in [9.17, 15) is 4.79 Å². The molecular formula is C23H23ClN2O4. The largest absolute Gasteiger partial charge is 0.491 e. The number of carbonyl (C=O) groups is 1. The SMILES string of the molecule is CCOc1cc(/C=C/C(=O)Nc2cccc(-c3nc(C)c(C)o3)c2)cc(Cl)c1OC. The van der Waals surface area contributed by atoms with E-state index >= 15 is 0 Å². The lowest BCUT2D eigenvalue weighted by atomic mass is 10.1. The van der Waals surface area contributed by atoms with E-state index < -0.39 is 0 Å².